The Morgan fingerprint density at radius 1 is 1.32 bits per heavy atom. The first-order chi connectivity index (χ1) is 10.9. The Bertz CT molecular complexity index is 567. The molecule has 0 bridgehead atoms. The summed E-state index contributed by atoms with van der Waals surface area (Å²) in [6, 6.07) is 10.6. The molecule has 1 aromatic heterocycles. The van der Waals surface area contributed by atoms with E-state index in [0.29, 0.717) is 5.92 Å². The number of hydrogen-bond acceptors (Lipinski definition) is 3. The largest absolute Gasteiger partial charge is 0.373 e. The fraction of sp³-hybridized carbons (Fsp3) is 0.500. The Morgan fingerprint density at radius 2 is 2.18 bits per heavy atom. The third kappa shape index (κ3) is 3.76. The van der Waals surface area contributed by atoms with E-state index in [1.807, 2.05) is 10.9 Å². The van der Waals surface area contributed by atoms with Gasteiger partial charge in [0, 0.05) is 43.9 Å². The quantitative estimate of drug-likeness (QED) is 0.853. The lowest BCUT2D eigenvalue weighted by Crippen LogP contribution is -2.24. The zero-order valence-electron chi connectivity index (χ0n) is 13.2. The van der Waals surface area contributed by atoms with Crippen molar-refractivity contribution in [1.82, 2.24) is 15.1 Å². The first-order valence-corrected chi connectivity index (χ1v) is 8.25. The highest BCUT2D eigenvalue weighted by Crippen LogP contribution is 2.33. The van der Waals surface area contributed by atoms with E-state index in [0.717, 1.165) is 39.1 Å². The van der Waals surface area contributed by atoms with Crippen LogP contribution in [-0.2, 0) is 17.8 Å². The summed E-state index contributed by atoms with van der Waals surface area (Å²) >= 11 is 0. The number of rotatable bonds is 7. The maximum atomic E-state index is 5.93. The molecule has 4 nitrogen and oxygen atoms in total. The summed E-state index contributed by atoms with van der Waals surface area (Å²) in [7, 11) is 0. The summed E-state index contributed by atoms with van der Waals surface area (Å²) in [4.78, 5) is 0. The SMILES string of the molecule is CCCn1cc(CNC[C@H]2CCO[C@@H]2c2ccccc2)cn1. The smallest absolute Gasteiger partial charge is 0.0866 e. The van der Waals surface area contributed by atoms with Gasteiger partial charge in [0.1, 0.15) is 0 Å². The molecule has 2 aromatic rings. The standard InChI is InChI=1S/C18H25N3O/c1-2-9-21-14-15(12-20-21)11-19-13-17-8-10-22-18(17)16-6-4-3-5-7-16/h3-7,12,14,17-19H,2,8-11,13H2,1H3/t17-,18-/m1/s1. The summed E-state index contributed by atoms with van der Waals surface area (Å²) in [5.74, 6) is 0.549. The van der Waals surface area contributed by atoms with Gasteiger partial charge in [0.25, 0.3) is 0 Å². The van der Waals surface area contributed by atoms with Gasteiger partial charge in [-0.3, -0.25) is 4.68 Å². The third-order valence-corrected chi connectivity index (χ3v) is 4.22. The average molecular weight is 299 g/mol. The monoisotopic (exact) mass is 299 g/mol. The van der Waals surface area contributed by atoms with Crippen LogP contribution in [0.5, 0.6) is 0 Å². The van der Waals surface area contributed by atoms with Crippen LogP contribution in [0.1, 0.15) is 37.0 Å². The molecule has 1 aliphatic heterocycles. The molecular weight excluding hydrogens is 274 g/mol. The lowest BCUT2D eigenvalue weighted by atomic mass is 9.95. The van der Waals surface area contributed by atoms with Crippen LogP contribution in [0.25, 0.3) is 0 Å². The lowest BCUT2D eigenvalue weighted by Gasteiger charge is -2.19. The number of aryl methyl sites for hydroxylation is 1. The van der Waals surface area contributed by atoms with Crippen LogP contribution in [-0.4, -0.2) is 22.9 Å². The predicted octanol–water partition coefficient (Wildman–Crippen LogP) is 3.16. The van der Waals surface area contributed by atoms with E-state index in [9.17, 15) is 0 Å². The average Bonchev–Trinajstić information content (AvgIpc) is 3.18. The van der Waals surface area contributed by atoms with Crippen LogP contribution in [0.15, 0.2) is 42.7 Å². The zero-order chi connectivity index (χ0) is 15.2. The Balaban J connectivity index is 1.50. The van der Waals surface area contributed by atoms with Gasteiger partial charge in [-0.25, -0.2) is 0 Å². The van der Waals surface area contributed by atoms with Gasteiger partial charge in [0.15, 0.2) is 0 Å². The van der Waals surface area contributed by atoms with Gasteiger partial charge in [-0.2, -0.15) is 5.10 Å². The lowest BCUT2D eigenvalue weighted by molar-refractivity contribution is 0.0904. The Morgan fingerprint density at radius 3 is 3.00 bits per heavy atom. The number of nitrogens with one attached hydrogen (secondary N) is 1. The van der Waals surface area contributed by atoms with Crippen molar-refractivity contribution in [3.63, 3.8) is 0 Å². The molecule has 1 aliphatic rings. The summed E-state index contributed by atoms with van der Waals surface area (Å²) in [5.41, 5.74) is 2.55. The fourth-order valence-electron chi connectivity index (χ4n) is 3.11. The molecular formula is C18H25N3O. The number of ether oxygens (including phenoxy) is 1. The maximum Gasteiger partial charge on any atom is 0.0866 e. The molecule has 4 heteroatoms. The van der Waals surface area contributed by atoms with Gasteiger partial charge in [0.05, 0.1) is 12.3 Å². The van der Waals surface area contributed by atoms with Crippen molar-refractivity contribution in [3.8, 4) is 0 Å². The van der Waals surface area contributed by atoms with Gasteiger partial charge in [0.2, 0.25) is 0 Å². The van der Waals surface area contributed by atoms with Crippen molar-refractivity contribution in [3.05, 3.63) is 53.9 Å². The van der Waals surface area contributed by atoms with Crippen molar-refractivity contribution in [1.29, 1.82) is 0 Å². The summed E-state index contributed by atoms with van der Waals surface area (Å²) in [6.07, 6.45) is 6.57. The molecule has 1 N–H and O–H groups in total. The molecule has 0 aliphatic carbocycles. The second-order valence-electron chi connectivity index (χ2n) is 5.99. The van der Waals surface area contributed by atoms with E-state index >= 15 is 0 Å². The van der Waals surface area contributed by atoms with E-state index in [1.54, 1.807) is 0 Å². The van der Waals surface area contributed by atoms with Gasteiger partial charge in [-0.05, 0) is 18.4 Å². The molecule has 1 aromatic carbocycles. The second-order valence-corrected chi connectivity index (χ2v) is 5.99. The normalized spacial score (nSPS) is 21.3. The molecule has 0 spiro atoms. The minimum Gasteiger partial charge on any atom is -0.373 e. The molecule has 22 heavy (non-hydrogen) atoms. The molecule has 0 saturated carbocycles. The van der Waals surface area contributed by atoms with Crippen LogP contribution in [0.4, 0.5) is 0 Å². The summed E-state index contributed by atoms with van der Waals surface area (Å²) in [6.45, 7) is 5.89. The molecule has 0 amide bonds. The highest BCUT2D eigenvalue weighted by Gasteiger charge is 2.28. The third-order valence-electron chi connectivity index (χ3n) is 4.22. The Kier molecular flexibility index (Phi) is 5.24. The first kappa shape index (κ1) is 15.3. The maximum absolute atomic E-state index is 5.93. The molecule has 2 atom stereocenters. The molecule has 0 radical (unpaired) electrons. The van der Waals surface area contributed by atoms with Crippen molar-refractivity contribution in [2.75, 3.05) is 13.2 Å². The number of nitrogens with zero attached hydrogens (tertiary/aromatic N) is 2. The second kappa shape index (κ2) is 7.56. The van der Waals surface area contributed by atoms with E-state index < -0.39 is 0 Å². The topological polar surface area (TPSA) is 39.1 Å². The number of aromatic nitrogens is 2. The molecule has 1 fully saturated rings. The first-order valence-electron chi connectivity index (χ1n) is 8.25. The highest BCUT2D eigenvalue weighted by atomic mass is 16.5. The van der Waals surface area contributed by atoms with E-state index in [2.05, 4.69) is 53.9 Å². The van der Waals surface area contributed by atoms with Crippen molar-refractivity contribution in [2.45, 2.75) is 39.0 Å². The number of benzene rings is 1. The van der Waals surface area contributed by atoms with Crippen molar-refractivity contribution in [2.24, 2.45) is 5.92 Å². The van der Waals surface area contributed by atoms with Gasteiger partial charge >= 0.3 is 0 Å². The molecule has 1 saturated heterocycles. The predicted molar refractivity (Wildman–Crippen MR) is 87.5 cm³/mol. The number of hydrogen-bond donors (Lipinski definition) is 1. The molecule has 118 valence electrons. The van der Waals surface area contributed by atoms with Gasteiger partial charge in [-0.15, -0.1) is 0 Å². The van der Waals surface area contributed by atoms with Crippen molar-refractivity contribution < 1.29 is 4.74 Å². The minimum absolute atomic E-state index is 0.233. The Labute approximate surface area is 132 Å². The van der Waals surface area contributed by atoms with E-state index in [1.165, 1.54) is 11.1 Å². The van der Waals surface area contributed by atoms with Crippen LogP contribution < -0.4 is 5.32 Å². The van der Waals surface area contributed by atoms with Gasteiger partial charge in [-0.1, -0.05) is 37.3 Å². The molecule has 2 heterocycles. The van der Waals surface area contributed by atoms with Crippen LogP contribution in [0, 0.1) is 5.92 Å². The molecule has 0 unspecified atom stereocenters. The zero-order valence-corrected chi connectivity index (χ0v) is 13.2. The summed E-state index contributed by atoms with van der Waals surface area (Å²) in [5, 5.41) is 7.94. The molecule has 3 rings (SSSR count). The summed E-state index contributed by atoms with van der Waals surface area (Å²) < 4.78 is 7.95. The van der Waals surface area contributed by atoms with E-state index in [4.69, 9.17) is 4.74 Å². The van der Waals surface area contributed by atoms with Crippen LogP contribution in [0.3, 0.4) is 0 Å². The Hall–Kier alpha value is -1.65. The van der Waals surface area contributed by atoms with Crippen LogP contribution in [0.2, 0.25) is 0 Å². The fourth-order valence-corrected chi connectivity index (χ4v) is 3.11. The highest BCUT2D eigenvalue weighted by molar-refractivity contribution is 5.19. The van der Waals surface area contributed by atoms with Gasteiger partial charge < -0.3 is 10.1 Å². The van der Waals surface area contributed by atoms with Crippen LogP contribution >= 0.6 is 0 Å². The van der Waals surface area contributed by atoms with Crippen molar-refractivity contribution >= 4 is 0 Å². The van der Waals surface area contributed by atoms with E-state index in [-0.39, 0.29) is 6.10 Å². The minimum atomic E-state index is 0.233.